The lowest BCUT2D eigenvalue weighted by atomic mass is 9.92. The van der Waals surface area contributed by atoms with Gasteiger partial charge in [0.05, 0.1) is 12.0 Å². The van der Waals surface area contributed by atoms with E-state index in [1.807, 2.05) is 58.2 Å². The van der Waals surface area contributed by atoms with Crippen LogP contribution in [0.1, 0.15) is 107 Å². The zero-order chi connectivity index (χ0) is 37.0. The predicted molar refractivity (Wildman–Crippen MR) is 197 cm³/mol. The molecule has 12 heteroatoms. The van der Waals surface area contributed by atoms with E-state index in [2.05, 4.69) is 29.4 Å². The minimum absolute atomic E-state index is 0.0532. The monoisotopic (exact) mass is 713 g/mol. The van der Waals surface area contributed by atoms with Gasteiger partial charge in [-0.3, -0.25) is 24.1 Å². The second-order valence-electron chi connectivity index (χ2n) is 14.2. The molecule has 0 saturated carbocycles. The molecule has 1 unspecified atom stereocenters. The second-order valence-corrected chi connectivity index (χ2v) is 15.1. The van der Waals surface area contributed by atoms with E-state index in [0.717, 1.165) is 37.8 Å². The fourth-order valence-corrected chi connectivity index (χ4v) is 7.54. The van der Waals surface area contributed by atoms with Gasteiger partial charge in [0.15, 0.2) is 0 Å². The largest absolute Gasteiger partial charge is 0.481 e. The first-order valence-corrected chi connectivity index (χ1v) is 19.1. The number of rotatable bonds is 19. The summed E-state index contributed by atoms with van der Waals surface area (Å²) >= 11 is 1.33. The van der Waals surface area contributed by atoms with Crippen LogP contribution in [0.4, 0.5) is 0 Å². The molecule has 3 N–H and O–H groups in total. The molecular weight excluding hydrogens is 655 g/mol. The van der Waals surface area contributed by atoms with E-state index < -0.39 is 30.1 Å². The van der Waals surface area contributed by atoms with Crippen molar-refractivity contribution >= 4 is 35.0 Å². The van der Waals surface area contributed by atoms with Crippen molar-refractivity contribution in [1.82, 2.24) is 25.4 Å². The average molecular weight is 714 g/mol. The molecule has 0 aliphatic carbocycles. The van der Waals surface area contributed by atoms with Crippen molar-refractivity contribution in [2.24, 2.45) is 17.8 Å². The minimum atomic E-state index is -0.911. The lowest BCUT2D eigenvalue weighted by Gasteiger charge is -2.38. The van der Waals surface area contributed by atoms with Gasteiger partial charge in [-0.05, 0) is 63.6 Å². The second kappa shape index (κ2) is 19.9. The summed E-state index contributed by atoms with van der Waals surface area (Å²) in [4.78, 5) is 61.2. The predicted octanol–water partition coefficient (Wildman–Crippen LogP) is 5.56. The number of nitrogens with zero attached hydrogens (tertiary/aromatic N) is 3. The van der Waals surface area contributed by atoms with Crippen LogP contribution in [0.15, 0.2) is 35.7 Å². The van der Waals surface area contributed by atoms with Crippen LogP contribution in [0.25, 0.3) is 0 Å². The molecule has 1 aliphatic rings. The smallest absolute Gasteiger partial charge is 0.306 e. The van der Waals surface area contributed by atoms with Crippen molar-refractivity contribution in [2.45, 2.75) is 117 Å². The van der Waals surface area contributed by atoms with Crippen LogP contribution >= 0.6 is 11.3 Å². The van der Waals surface area contributed by atoms with Gasteiger partial charge in [-0.25, -0.2) is 4.98 Å². The summed E-state index contributed by atoms with van der Waals surface area (Å²) in [6.45, 7) is 13.0. The van der Waals surface area contributed by atoms with Gasteiger partial charge >= 0.3 is 5.97 Å². The van der Waals surface area contributed by atoms with E-state index in [9.17, 15) is 24.3 Å². The van der Waals surface area contributed by atoms with Gasteiger partial charge in [-0.2, -0.15) is 0 Å². The summed E-state index contributed by atoms with van der Waals surface area (Å²) in [5, 5.41) is 18.0. The van der Waals surface area contributed by atoms with Crippen LogP contribution in [-0.4, -0.2) is 95.0 Å². The minimum Gasteiger partial charge on any atom is -0.481 e. The molecule has 1 aromatic heterocycles. The zero-order valence-corrected chi connectivity index (χ0v) is 32.0. The van der Waals surface area contributed by atoms with Crippen molar-refractivity contribution < 1.29 is 29.0 Å². The molecule has 3 rings (SSSR count). The van der Waals surface area contributed by atoms with Crippen molar-refractivity contribution in [3.05, 3.63) is 52.0 Å². The maximum Gasteiger partial charge on any atom is 0.306 e. The Balaban J connectivity index is 1.77. The first-order chi connectivity index (χ1) is 23.8. The summed E-state index contributed by atoms with van der Waals surface area (Å²) < 4.78 is 6.19. The summed E-state index contributed by atoms with van der Waals surface area (Å²) in [7, 11) is 3.77. The molecule has 1 aromatic carbocycles. The van der Waals surface area contributed by atoms with Gasteiger partial charge in [0.25, 0.3) is 5.91 Å². The van der Waals surface area contributed by atoms with Crippen LogP contribution in [0.5, 0.6) is 0 Å². The van der Waals surface area contributed by atoms with Crippen molar-refractivity contribution in [3.63, 3.8) is 0 Å². The number of thiazole rings is 1. The molecule has 1 fully saturated rings. The lowest BCUT2D eigenvalue weighted by molar-refractivity contribution is -0.141. The summed E-state index contributed by atoms with van der Waals surface area (Å²) in [5.74, 6) is -2.11. The Labute approximate surface area is 302 Å². The van der Waals surface area contributed by atoms with Crippen LogP contribution < -0.4 is 10.6 Å². The first-order valence-electron chi connectivity index (χ1n) is 18.2. The Bertz CT molecular complexity index is 1390. The highest BCUT2D eigenvalue weighted by atomic mass is 32.1. The number of carboxylic acid groups (broad SMARTS) is 1. The quantitative estimate of drug-likeness (QED) is 0.172. The Morgan fingerprint density at radius 1 is 1.06 bits per heavy atom. The van der Waals surface area contributed by atoms with E-state index in [0.29, 0.717) is 24.5 Å². The van der Waals surface area contributed by atoms with Crippen LogP contribution in [0.3, 0.4) is 0 Å². The van der Waals surface area contributed by atoms with Gasteiger partial charge in [-0.1, -0.05) is 77.8 Å². The zero-order valence-electron chi connectivity index (χ0n) is 31.2. The molecular formula is C38H59N5O6S. The molecule has 2 heterocycles. The molecule has 0 bridgehead atoms. The maximum atomic E-state index is 14.2. The number of ether oxygens (including phenoxy) is 1. The maximum absolute atomic E-state index is 14.2. The third kappa shape index (κ3) is 11.6. The number of likely N-dealkylation sites (tertiary alicyclic amines) is 1. The Kier molecular flexibility index (Phi) is 16.3. The van der Waals surface area contributed by atoms with Crippen LogP contribution in [-0.2, 0) is 25.5 Å². The molecule has 7 atom stereocenters. The highest BCUT2D eigenvalue weighted by Crippen LogP contribution is 2.31. The number of aromatic nitrogens is 1. The molecule has 11 nitrogen and oxygen atoms in total. The summed E-state index contributed by atoms with van der Waals surface area (Å²) in [6, 6.07) is 8.16. The summed E-state index contributed by atoms with van der Waals surface area (Å²) in [6.07, 6.45) is 4.36. The van der Waals surface area contributed by atoms with Crippen LogP contribution in [0.2, 0.25) is 0 Å². The van der Waals surface area contributed by atoms with Crippen molar-refractivity contribution in [1.29, 1.82) is 0 Å². The number of likely N-dealkylation sites (N-methyl/N-ethyl adjacent to an activating group) is 2. The fraction of sp³-hybridized carbons (Fsp3) is 0.658. The fourth-order valence-electron chi connectivity index (χ4n) is 6.68. The van der Waals surface area contributed by atoms with Crippen LogP contribution in [0, 0.1) is 17.8 Å². The number of carbonyl (C=O) groups excluding carboxylic acids is 3. The standard InChI is InChI=1S/C38H59N5O6S/c1-9-25(5)33(41-35(45)30-18-14-15-19-42(30)7)37(46)43(8)31(24(3)4)22-32(49-10-2)36-40-29(23-50-36)34(44)39-28(20-26(6)38(47)48)21-27-16-12-11-13-17-27/h11-13,16-17,23-26,28,30-33H,9-10,14-15,18-22H2,1-8H3,(H,39,44)(H,41,45)(H,47,48)/t25-,26-,28+,30?,31+,32+,33-/m0/s1. The number of piperidine rings is 1. The number of hydrogen-bond acceptors (Lipinski definition) is 8. The molecule has 278 valence electrons. The van der Waals surface area contributed by atoms with E-state index in [1.54, 1.807) is 24.3 Å². The molecule has 2 aromatic rings. The van der Waals surface area contributed by atoms with Gasteiger partial charge in [0.2, 0.25) is 11.8 Å². The molecule has 0 radical (unpaired) electrons. The normalized spacial score (nSPS) is 18.8. The van der Waals surface area contributed by atoms with E-state index in [-0.39, 0.29) is 53.8 Å². The molecule has 1 aliphatic heterocycles. The van der Waals surface area contributed by atoms with E-state index in [4.69, 9.17) is 9.72 Å². The van der Waals surface area contributed by atoms with E-state index >= 15 is 0 Å². The van der Waals surface area contributed by atoms with E-state index in [1.165, 1.54) is 11.3 Å². The van der Waals surface area contributed by atoms with Crippen molar-refractivity contribution in [3.8, 4) is 0 Å². The molecule has 50 heavy (non-hydrogen) atoms. The average Bonchev–Trinajstić information content (AvgIpc) is 3.59. The Morgan fingerprint density at radius 3 is 2.36 bits per heavy atom. The topological polar surface area (TPSA) is 141 Å². The number of hydrogen-bond donors (Lipinski definition) is 3. The van der Waals surface area contributed by atoms with Gasteiger partial charge < -0.3 is 25.4 Å². The third-order valence-electron chi connectivity index (χ3n) is 10.0. The number of amides is 3. The highest BCUT2D eigenvalue weighted by molar-refractivity contribution is 7.09. The molecule has 0 spiro atoms. The Hall–Kier alpha value is -3.35. The molecule has 1 saturated heterocycles. The third-order valence-corrected chi connectivity index (χ3v) is 11.0. The number of benzene rings is 1. The summed E-state index contributed by atoms with van der Waals surface area (Å²) in [5.41, 5.74) is 1.24. The molecule has 3 amide bonds. The number of carboxylic acids is 1. The number of aliphatic carboxylic acids is 1. The number of nitrogens with one attached hydrogen (secondary N) is 2. The van der Waals surface area contributed by atoms with Gasteiger partial charge in [0, 0.05) is 37.5 Å². The lowest BCUT2D eigenvalue weighted by Crippen LogP contribution is -2.58. The van der Waals surface area contributed by atoms with Crippen molar-refractivity contribution in [2.75, 3.05) is 27.2 Å². The van der Waals surface area contributed by atoms with Gasteiger partial charge in [-0.15, -0.1) is 11.3 Å². The highest BCUT2D eigenvalue weighted by Gasteiger charge is 2.37. The van der Waals surface area contributed by atoms with Gasteiger partial charge in [0.1, 0.15) is 22.8 Å². The Morgan fingerprint density at radius 2 is 1.76 bits per heavy atom. The SMILES string of the molecule is CCO[C@H](C[C@H](C(C)C)N(C)C(=O)[C@@H](NC(=O)C1CCCCN1C)[C@@H](C)CC)c1nc(C(=O)N[C@@H](Cc2ccccc2)C[C@H](C)C(=O)O)cs1. The first kappa shape index (κ1) is 41.1. The number of carbonyl (C=O) groups is 4.